The molecule has 10 nitrogen and oxygen atoms in total. The second-order valence-electron chi connectivity index (χ2n) is 10.7. The van der Waals surface area contributed by atoms with Crippen molar-refractivity contribution in [1.82, 2.24) is 9.13 Å². The average Bonchev–Trinajstić information content (AvgIpc) is 3.10. The lowest BCUT2D eigenvalue weighted by Crippen LogP contribution is -2.45. The van der Waals surface area contributed by atoms with Crippen LogP contribution in [0.15, 0.2) is 46.1 Å². The molecule has 0 bridgehead atoms. The first-order valence-electron chi connectivity index (χ1n) is 11.9. The van der Waals surface area contributed by atoms with Crippen LogP contribution in [0.4, 0.5) is 0 Å². The minimum atomic E-state index is -2.15. The zero-order valence-corrected chi connectivity index (χ0v) is 22.6. The standard InChI is InChI=1S/C25H36N2O8Si/c1-16-12-27(23-21(30)20(29)18(35-23)15-34-36(5,6)25(2,3)4)24(32)26(22(16)31)13-19(28)33-14-17-10-8-7-9-11-17/h7-12,18,20-21,23,29-30H,13-15H2,1-6H3. The van der Waals surface area contributed by atoms with Crippen molar-refractivity contribution in [3.05, 3.63) is 68.5 Å². The molecule has 0 radical (unpaired) electrons. The van der Waals surface area contributed by atoms with E-state index in [2.05, 4.69) is 33.9 Å². The first kappa shape index (κ1) is 28.0. The minimum Gasteiger partial charge on any atom is -0.459 e. The normalized spacial score (nSPS) is 22.6. The molecule has 36 heavy (non-hydrogen) atoms. The Balaban J connectivity index is 1.78. The number of carbonyl (C=O) groups is 1. The van der Waals surface area contributed by atoms with E-state index in [1.165, 1.54) is 13.1 Å². The number of carbonyl (C=O) groups excluding carboxylic acids is 1. The summed E-state index contributed by atoms with van der Waals surface area (Å²) < 4.78 is 19.0. The third-order valence-electron chi connectivity index (χ3n) is 6.92. The molecule has 11 heteroatoms. The highest BCUT2D eigenvalue weighted by Crippen LogP contribution is 2.37. The molecule has 1 aliphatic rings. The van der Waals surface area contributed by atoms with Crippen molar-refractivity contribution < 1.29 is 28.9 Å². The quantitative estimate of drug-likeness (QED) is 0.398. The van der Waals surface area contributed by atoms with Crippen LogP contribution in [0.3, 0.4) is 0 Å². The summed E-state index contributed by atoms with van der Waals surface area (Å²) in [6.45, 7) is 11.3. The fourth-order valence-electron chi connectivity index (χ4n) is 3.60. The Morgan fingerprint density at radius 3 is 2.36 bits per heavy atom. The fourth-order valence-corrected chi connectivity index (χ4v) is 4.61. The number of hydrogen-bond acceptors (Lipinski definition) is 8. The van der Waals surface area contributed by atoms with E-state index < -0.39 is 56.6 Å². The minimum absolute atomic E-state index is 0.000972. The zero-order chi connectivity index (χ0) is 26.8. The molecule has 1 fully saturated rings. The lowest BCUT2D eigenvalue weighted by atomic mass is 10.1. The molecule has 0 aliphatic carbocycles. The Bertz CT molecular complexity index is 1190. The summed E-state index contributed by atoms with van der Waals surface area (Å²) in [5, 5.41) is 21.2. The smallest absolute Gasteiger partial charge is 0.333 e. The number of hydrogen-bond donors (Lipinski definition) is 2. The van der Waals surface area contributed by atoms with Crippen LogP contribution in [-0.2, 0) is 31.8 Å². The van der Waals surface area contributed by atoms with E-state index in [0.717, 1.165) is 14.7 Å². The van der Waals surface area contributed by atoms with Gasteiger partial charge in [-0.2, -0.15) is 0 Å². The van der Waals surface area contributed by atoms with Gasteiger partial charge in [-0.05, 0) is 30.6 Å². The van der Waals surface area contributed by atoms with Crippen molar-refractivity contribution in [3.63, 3.8) is 0 Å². The van der Waals surface area contributed by atoms with Gasteiger partial charge in [0.2, 0.25) is 0 Å². The van der Waals surface area contributed by atoms with Crippen LogP contribution >= 0.6 is 0 Å². The van der Waals surface area contributed by atoms with Crippen LogP contribution in [0.25, 0.3) is 0 Å². The van der Waals surface area contributed by atoms with Crippen LogP contribution in [-0.4, -0.2) is 58.6 Å². The highest BCUT2D eigenvalue weighted by molar-refractivity contribution is 6.74. The maximum atomic E-state index is 13.2. The summed E-state index contributed by atoms with van der Waals surface area (Å²) in [5.74, 6) is -0.760. The predicted octanol–water partition coefficient (Wildman–Crippen LogP) is 1.70. The molecule has 198 valence electrons. The van der Waals surface area contributed by atoms with E-state index in [-0.39, 0.29) is 23.8 Å². The molecule has 1 saturated heterocycles. The zero-order valence-electron chi connectivity index (χ0n) is 21.6. The van der Waals surface area contributed by atoms with E-state index in [1.54, 1.807) is 24.3 Å². The number of benzene rings is 1. The van der Waals surface area contributed by atoms with Crippen molar-refractivity contribution in [2.75, 3.05) is 6.61 Å². The number of aliphatic hydroxyl groups excluding tert-OH is 2. The topological polar surface area (TPSA) is 129 Å². The molecule has 2 N–H and O–H groups in total. The fraction of sp³-hybridized carbons (Fsp3) is 0.560. The van der Waals surface area contributed by atoms with E-state index >= 15 is 0 Å². The van der Waals surface area contributed by atoms with Crippen LogP contribution in [0.1, 0.15) is 38.1 Å². The second-order valence-corrected chi connectivity index (χ2v) is 15.5. The van der Waals surface area contributed by atoms with Crippen molar-refractivity contribution >= 4 is 14.3 Å². The van der Waals surface area contributed by atoms with Gasteiger partial charge in [0.1, 0.15) is 31.5 Å². The molecule has 4 unspecified atom stereocenters. The van der Waals surface area contributed by atoms with Crippen LogP contribution < -0.4 is 11.2 Å². The Morgan fingerprint density at radius 2 is 1.75 bits per heavy atom. The van der Waals surface area contributed by atoms with Gasteiger partial charge >= 0.3 is 11.7 Å². The van der Waals surface area contributed by atoms with Gasteiger partial charge in [0, 0.05) is 11.8 Å². The molecule has 1 aromatic carbocycles. The molecule has 2 aromatic rings. The molecule has 2 heterocycles. The largest absolute Gasteiger partial charge is 0.459 e. The second kappa shape index (κ2) is 10.8. The van der Waals surface area contributed by atoms with Gasteiger partial charge in [-0.3, -0.25) is 14.2 Å². The molecule has 4 atom stereocenters. The lowest BCUT2D eigenvalue weighted by Gasteiger charge is -2.37. The van der Waals surface area contributed by atoms with Crippen molar-refractivity contribution in [1.29, 1.82) is 0 Å². The highest BCUT2D eigenvalue weighted by atomic mass is 28.4. The molecular formula is C25H36N2O8Si. The van der Waals surface area contributed by atoms with E-state index in [9.17, 15) is 24.6 Å². The van der Waals surface area contributed by atoms with Gasteiger partial charge < -0.3 is 24.1 Å². The number of rotatable bonds is 8. The third-order valence-corrected chi connectivity index (χ3v) is 11.4. The Hall–Kier alpha value is -2.57. The summed E-state index contributed by atoms with van der Waals surface area (Å²) in [6.07, 6.45) is -3.61. The predicted molar refractivity (Wildman–Crippen MR) is 135 cm³/mol. The Kier molecular flexibility index (Phi) is 8.41. The Labute approximate surface area is 211 Å². The number of aromatic nitrogens is 2. The van der Waals surface area contributed by atoms with Crippen LogP contribution in [0.2, 0.25) is 18.1 Å². The average molecular weight is 521 g/mol. The number of aliphatic hydroxyl groups is 2. The monoisotopic (exact) mass is 520 g/mol. The Morgan fingerprint density at radius 1 is 1.11 bits per heavy atom. The maximum Gasteiger partial charge on any atom is 0.333 e. The van der Waals surface area contributed by atoms with Crippen LogP contribution in [0, 0.1) is 6.92 Å². The first-order chi connectivity index (χ1) is 16.7. The number of nitrogens with zero attached hydrogens (tertiary/aromatic N) is 2. The SMILES string of the molecule is Cc1cn(C2OC(CO[Si](C)(C)C(C)(C)C)C(O)C2O)c(=O)n(CC(=O)OCc2ccccc2)c1=O. The summed E-state index contributed by atoms with van der Waals surface area (Å²) in [7, 11) is -2.15. The van der Waals surface area contributed by atoms with Crippen LogP contribution in [0.5, 0.6) is 0 Å². The number of esters is 1. The van der Waals surface area contributed by atoms with Gasteiger partial charge in [-0.1, -0.05) is 51.1 Å². The summed E-state index contributed by atoms with van der Waals surface area (Å²) >= 11 is 0. The number of ether oxygens (including phenoxy) is 2. The van der Waals surface area contributed by atoms with Gasteiger partial charge in [0.25, 0.3) is 5.56 Å². The van der Waals surface area contributed by atoms with Gasteiger partial charge in [-0.15, -0.1) is 0 Å². The van der Waals surface area contributed by atoms with Gasteiger partial charge in [0.15, 0.2) is 14.5 Å². The molecule has 1 aliphatic heterocycles. The number of aryl methyl sites for hydroxylation is 1. The summed E-state index contributed by atoms with van der Waals surface area (Å²) in [5.41, 5.74) is -0.581. The third kappa shape index (κ3) is 6.04. The molecule has 1 aromatic heterocycles. The van der Waals surface area contributed by atoms with E-state index in [1.807, 2.05) is 6.07 Å². The van der Waals surface area contributed by atoms with Gasteiger partial charge in [-0.25, -0.2) is 9.36 Å². The molecular weight excluding hydrogens is 484 g/mol. The van der Waals surface area contributed by atoms with E-state index in [4.69, 9.17) is 13.9 Å². The summed E-state index contributed by atoms with van der Waals surface area (Å²) in [6, 6.07) is 9.02. The first-order valence-corrected chi connectivity index (χ1v) is 14.8. The molecule has 0 spiro atoms. The molecule has 3 rings (SSSR count). The van der Waals surface area contributed by atoms with Gasteiger partial charge in [0.05, 0.1) is 6.61 Å². The van der Waals surface area contributed by atoms with Crippen molar-refractivity contribution in [2.45, 2.75) is 83.5 Å². The highest BCUT2D eigenvalue weighted by Gasteiger charge is 2.46. The molecule has 0 saturated carbocycles. The van der Waals surface area contributed by atoms with Crippen molar-refractivity contribution in [3.8, 4) is 0 Å². The molecule has 0 amide bonds. The summed E-state index contributed by atoms with van der Waals surface area (Å²) in [4.78, 5) is 38.2. The maximum absolute atomic E-state index is 13.2. The lowest BCUT2D eigenvalue weighted by molar-refractivity contribution is -0.145. The van der Waals surface area contributed by atoms with E-state index in [0.29, 0.717) is 0 Å². The van der Waals surface area contributed by atoms with Crippen molar-refractivity contribution in [2.24, 2.45) is 0 Å².